The lowest BCUT2D eigenvalue weighted by atomic mass is 9.97. The summed E-state index contributed by atoms with van der Waals surface area (Å²) in [4.78, 5) is 9.19. The van der Waals surface area contributed by atoms with Crippen molar-refractivity contribution in [3.05, 3.63) is 122 Å². The van der Waals surface area contributed by atoms with Crippen LogP contribution in [0.2, 0.25) is 0 Å². The summed E-state index contributed by atoms with van der Waals surface area (Å²) in [6.07, 6.45) is 3.71. The van der Waals surface area contributed by atoms with Crippen LogP contribution in [0.25, 0.3) is 77.5 Å². The van der Waals surface area contributed by atoms with E-state index in [1.165, 1.54) is 0 Å². The Morgan fingerprint density at radius 1 is 0.421 bits per heavy atom. The van der Waals surface area contributed by atoms with Gasteiger partial charge in [0.15, 0.2) is 11.2 Å². The molecule has 0 saturated heterocycles. The molecule has 0 aliphatic rings. The summed E-state index contributed by atoms with van der Waals surface area (Å²) in [7, 11) is 0. The second kappa shape index (κ2) is 8.15. The van der Waals surface area contributed by atoms with Crippen LogP contribution in [0.4, 0.5) is 0 Å². The van der Waals surface area contributed by atoms with Gasteiger partial charge in [-0.2, -0.15) is 0 Å². The average molecular weight is 489 g/mol. The monoisotopic (exact) mass is 488 g/mol. The van der Waals surface area contributed by atoms with Crippen LogP contribution in [0.15, 0.2) is 130 Å². The Morgan fingerprint density at radius 2 is 0.947 bits per heavy atom. The number of hydrogen-bond donors (Lipinski definition) is 0. The maximum absolute atomic E-state index is 6.23. The fourth-order valence-electron chi connectivity index (χ4n) is 5.37. The van der Waals surface area contributed by atoms with E-state index >= 15 is 0 Å². The largest absolute Gasteiger partial charge is 0.454 e. The van der Waals surface area contributed by atoms with E-state index in [1.807, 2.05) is 60.9 Å². The number of aromatic nitrogens is 2. The Hall–Kier alpha value is -5.22. The smallest absolute Gasteiger partial charge is 0.161 e. The molecule has 38 heavy (non-hydrogen) atoms. The maximum Gasteiger partial charge on any atom is 0.161 e. The van der Waals surface area contributed by atoms with Gasteiger partial charge in [-0.25, -0.2) is 0 Å². The molecule has 4 aromatic carbocycles. The van der Waals surface area contributed by atoms with Gasteiger partial charge in [-0.05, 0) is 64.7 Å². The maximum atomic E-state index is 6.23. The van der Waals surface area contributed by atoms with E-state index in [1.54, 1.807) is 0 Å². The quantitative estimate of drug-likeness (QED) is 0.249. The van der Waals surface area contributed by atoms with E-state index in [9.17, 15) is 0 Å². The molecule has 0 fully saturated rings. The third-order valence-corrected chi connectivity index (χ3v) is 7.22. The Kier molecular flexibility index (Phi) is 4.49. The van der Waals surface area contributed by atoms with Gasteiger partial charge in [-0.1, -0.05) is 66.7 Å². The van der Waals surface area contributed by atoms with Gasteiger partial charge in [-0.3, -0.25) is 9.97 Å². The summed E-state index contributed by atoms with van der Waals surface area (Å²) in [5, 5.41) is 2.07. The molecule has 0 aliphatic heterocycles. The molecule has 8 aromatic rings. The molecule has 0 amide bonds. The first-order valence-corrected chi connectivity index (χ1v) is 12.6. The van der Waals surface area contributed by atoms with Crippen LogP contribution in [0.1, 0.15) is 0 Å². The summed E-state index contributed by atoms with van der Waals surface area (Å²) < 4.78 is 12.4. The number of fused-ring (bicyclic) bond motifs is 6. The van der Waals surface area contributed by atoms with Crippen molar-refractivity contribution < 1.29 is 8.83 Å². The highest BCUT2D eigenvalue weighted by atomic mass is 16.3. The summed E-state index contributed by atoms with van der Waals surface area (Å²) in [6, 6.07) is 37.3. The first-order valence-electron chi connectivity index (χ1n) is 12.6. The molecule has 0 atom stereocenters. The number of furan rings is 2. The van der Waals surface area contributed by atoms with Crippen LogP contribution >= 0.6 is 0 Å². The Labute approximate surface area is 217 Å². The standard InChI is InChI=1S/C34H20N2O2/c1-3-10-29-27(8-1)31-33(37-29)25(16-18-35-31)22-14-12-21(13-15-22)23-6-5-7-24(20-23)26-17-19-36-32-28-9-2-4-11-30(28)38-34(26)32/h1-20H. The molecule has 4 aromatic heterocycles. The van der Waals surface area contributed by atoms with Gasteiger partial charge < -0.3 is 8.83 Å². The van der Waals surface area contributed by atoms with Gasteiger partial charge in [0.05, 0.1) is 0 Å². The molecule has 8 rings (SSSR count). The number of rotatable bonds is 3. The highest BCUT2D eigenvalue weighted by molar-refractivity contribution is 6.08. The van der Waals surface area contributed by atoms with Crippen molar-refractivity contribution in [1.82, 2.24) is 9.97 Å². The second-order valence-corrected chi connectivity index (χ2v) is 9.43. The molecule has 178 valence electrons. The van der Waals surface area contributed by atoms with Crippen molar-refractivity contribution in [3.63, 3.8) is 0 Å². The Bertz CT molecular complexity index is 2130. The predicted molar refractivity (Wildman–Crippen MR) is 153 cm³/mol. The van der Waals surface area contributed by atoms with Crippen molar-refractivity contribution in [2.24, 2.45) is 0 Å². The highest BCUT2D eigenvalue weighted by Crippen LogP contribution is 2.37. The third-order valence-electron chi connectivity index (χ3n) is 7.22. The van der Waals surface area contributed by atoms with Gasteiger partial charge in [0.2, 0.25) is 0 Å². The van der Waals surface area contributed by atoms with Crippen LogP contribution in [0, 0.1) is 0 Å². The number of benzene rings is 4. The van der Waals surface area contributed by atoms with Gasteiger partial charge in [0.25, 0.3) is 0 Å². The molecule has 0 N–H and O–H groups in total. The second-order valence-electron chi connectivity index (χ2n) is 9.43. The minimum atomic E-state index is 0.814. The van der Waals surface area contributed by atoms with E-state index in [4.69, 9.17) is 8.83 Å². The molecular formula is C34H20N2O2. The third kappa shape index (κ3) is 3.17. The van der Waals surface area contributed by atoms with Crippen LogP contribution in [-0.2, 0) is 0 Å². The fourth-order valence-corrected chi connectivity index (χ4v) is 5.37. The number of pyridine rings is 2. The predicted octanol–water partition coefficient (Wildman–Crippen LogP) is 9.28. The van der Waals surface area contributed by atoms with E-state index < -0.39 is 0 Å². The first kappa shape index (κ1) is 20.9. The fraction of sp³-hybridized carbons (Fsp3) is 0. The summed E-state index contributed by atoms with van der Waals surface area (Å²) in [5.41, 5.74) is 11.7. The van der Waals surface area contributed by atoms with Gasteiger partial charge >= 0.3 is 0 Å². The first-order chi connectivity index (χ1) is 18.8. The van der Waals surface area contributed by atoms with E-state index in [-0.39, 0.29) is 0 Å². The lowest BCUT2D eigenvalue weighted by molar-refractivity contribution is 0.669. The molecule has 0 radical (unpaired) electrons. The van der Waals surface area contributed by atoms with E-state index in [0.29, 0.717) is 0 Å². The van der Waals surface area contributed by atoms with Crippen molar-refractivity contribution in [2.45, 2.75) is 0 Å². The molecule has 0 unspecified atom stereocenters. The molecule has 0 spiro atoms. The molecule has 4 nitrogen and oxygen atoms in total. The summed E-state index contributed by atoms with van der Waals surface area (Å²) >= 11 is 0. The highest BCUT2D eigenvalue weighted by Gasteiger charge is 2.15. The van der Waals surface area contributed by atoms with E-state index in [0.717, 1.165) is 77.5 Å². The van der Waals surface area contributed by atoms with Crippen LogP contribution in [-0.4, -0.2) is 9.97 Å². The lowest BCUT2D eigenvalue weighted by Gasteiger charge is -2.08. The molecule has 0 saturated carbocycles. The number of para-hydroxylation sites is 2. The SMILES string of the molecule is c1cc(-c2ccc(-c3ccnc4c3oc3ccccc34)cc2)cc(-c2ccnc3c2oc2ccccc23)c1. The summed E-state index contributed by atoms with van der Waals surface area (Å²) in [5.74, 6) is 0. The van der Waals surface area contributed by atoms with Gasteiger partial charge in [0.1, 0.15) is 22.2 Å². The van der Waals surface area contributed by atoms with Crippen molar-refractivity contribution in [2.75, 3.05) is 0 Å². The zero-order valence-electron chi connectivity index (χ0n) is 20.3. The molecule has 0 aliphatic carbocycles. The zero-order chi connectivity index (χ0) is 25.1. The minimum absolute atomic E-state index is 0.814. The van der Waals surface area contributed by atoms with Gasteiger partial charge in [0, 0.05) is 34.3 Å². The van der Waals surface area contributed by atoms with Gasteiger partial charge in [-0.15, -0.1) is 0 Å². The Morgan fingerprint density at radius 3 is 1.58 bits per heavy atom. The zero-order valence-corrected chi connectivity index (χ0v) is 20.3. The van der Waals surface area contributed by atoms with Crippen LogP contribution in [0.3, 0.4) is 0 Å². The van der Waals surface area contributed by atoms with Crippen molar-refractivity contribution in [1.29, 1.82) is 0 Å². The average Bonchev–Trinajstić information content (AvgIpc) is 3.56. The molecule has 4 heterocycles. The topological polar surface area (TPSA) is 52.1 Å². The van der Waals surface area contributed by atoms with Crippen LogP contribution in [0.5, 0.6) is 0 Å². The normalized spacial score (nSPS) is 11.7. The molecular weight excluding hydrogens is 468 g/mol. The number of nitrogens with zero attached hydrogens (tertiary/aromatic N) is 2. The molecule has 4 heteroatoms. The van der Waals surface area contributed by atoms with Crippen molar-refractivity contribution >= 4 is 44.1 Å². The van der Waals surface area contributed by atoms with E-state index in [2.05, 4.69) is 70.6 Å². The van der Waals surface area contributed by atoms with Crippen LogP contribution < -0.4 is 0 Å². The minimum Gasteiger partial charge on any atom is -0.454 e. The summed E-state index contributed by atoms with van der Waals surface area (Å²) in [6.45, 7) is 0. The lowest BCUT2D eigenvalue weighted by Crippen LogP contribution is -1.85. The number of hydrogen-bond acceptors (Lipinski definition) is 4. The molecule has 0 bridgehead atoms. The van der Waals surface area contributed by atoms with Crippen molar-refractivity contribution in [3.8, 4) is 33.4 Å². The Balaban J connectivity index is 1.20.